The fraction of sp³-hybridized carbons (Fsp3) is 0.909. The summed E-state index contributed by atoms with van der Waals surface area (Å²) in [6, 6.07) is 0. The zero-order valence-corrected chi connectivity index (χ0v) is 9.18. The van der Waals surface area contributed by atoms with Gasteiger partial charge in [-0.25, -0.2) is 0 Å². The van der Waals surface area contributed by atoms with Gasteiger partial charge >= 0.3 is 0 Å². The summed E-state index contributed by atoms with van der Waals surface area (Å²) in [7, 11) is 0. The van der Waals surface area contributed by atoms with Crippen molar-refractivity contribution >= 4 is 5.84 Å². The topological polar surface area (TPSA) is 36.3 Å². The van der Waals surface area contributed by atoms with Crippen LogP contribution in [0.4, 0.5) is 0 Å². The van der Waals surface area contributed by atoms with Crippen LogP contribution in [0.2, 0.25) is 0 Å². The van der Waals surface area contributed by atoms with Gasteiger partial charge in [0.25, 0.3) is 0 Å². The van der Waals surface area contributed by atoms with Crippen molar-refractivity contribution in [3.05, 3.63) is 0 Å². The monoisotopic (exact) mass is 196 g/mol. The van der Waals surface area contributed by atoms with E-state index in [1.165, 1.54) is 12.8 Å². The lowest BCUT2D eigenvalue weighted by atomic mass is 9.89. The first-order chi connectivity index (χ1) is 6.64. The van der Waals surface area contributed by atoms with Crippen LogP contribution in [0.15, 0.2) is 0 Å². The fourth-order valence-corrected chi connectivity index (χ4v) is 2.58. The minimum Gasteiger partial charge on any atom is -0.376 e. The predicted octanol–water partition coefficient (Wildman–Crippen LogP) is 2.02. The number of ether oxygens (including phenoxy) is 1. The Morgan fingerprint density at radius 1 is 1.50 bits per heavy atom. The third-order valence-corrected chi connectivity index (χ3v) is 3.84. The fourth-order valence-electron chi connectivity index (χ4n) is 2.58. The number of piperidine rings is 1. The molecule has 2 aliphatic rings. The van der Waals surface area contributed by atoms with Crippen LogP contribution >= 0.6 is 0 Å². The molecule has 14 heavy (non-hydrogen) atoms. The van der Waals surface area contributed by atoms with E-state index >= 15 is 0 Å². The summed E-state index contributed by atoms with van der Waals surface area (Å²) in [6.07, 6.45) is 4.69. The van der Waals surface area contributed by atoms with Crippen LogP contribution in [0.3, 0.4) is 0 Å². The van der Waals surface area contributed by atoms with Crippen molar-refractivity contribution in [2.24, 2.45) is 0 Å². The smallest absolute Gasteiger partial charge is 0.0963 e. The van der Waals surface area contributed by atoms with Gasteiger partial charge in [0, 0.05) is 19.6 Å². The van der Waals surface area contributed by atoms with Crippen LogP contribution in [0.25, 0.3) is 0 Å². The third-order valence-electron chi connectivity index (χ3n) is 3.84. The molecule has 0 amide bonds. The average Bonchev–Trinajstić information content (AvgIpc) is 2.49. The van der Waals surface area contributed by atoms with Crippen molar-refractivity contribution in [2.75, 3.05) is 13.2 Å². The highest BCUT2D eigenvalue weighted by molar-refractivity contribution is 5.80. The lowest BCUT2D eigenvalue weighted by molar-refractivity contribution is 0.0491. The maximum Gasteiger partial charge on any atom is 0.0963 e. The van der Waals surface area contributed by atoms with E-state index in [2.05, 4.69) is 18.7 Å². The quantitative estimate of drug-likeness (QED) is 0.696. The number of hydrogen-bond acceptors (Lipinski definition) is 2. The molecule has 80 valence electrons. The Labute approximate surface area is 85.9 Å². The van der Waals surface area contributed by atoms with E-state index in [1.54, 1.807) is 0 Å². The van der Waals surface area contributed by atoms with Crippen molar-refractivity contribution in [3.63, 3.8) is 0 Å². The van der Waals surface area contributed by atoms with Gasteiger partial charge in [-0.1, -0.05) is 0 Å². The molecule has 2 rings (SSSR count). The first-order valence-corrected chi connectivity index (χ1v) is 5.61. The van der Waals surface area contributed by atoms with Gasteiger partial charge in [0.15, 0.2) is 0 Å². The molecule has 2 aliphatic heterocycles. The molecule has 0 saturated carbocycles. The summed E-state index contributed by atoms with van der Waals surface area (Å²) in [5.74, 6) is 0.816. The Morgan fingerprint density at radius 2 is 2.29 bits per heavy atom. The largest absolute Gasteiger partial charge is 0.376 e. The normalized spacial score (nSPS) is 39.1. The van der Waals surface area contributed by atoms with Crippen LogP contribution in [0, 0.1) is 5.41 Å². The number of rotatable bonds is 1. The van der Waals surface area contributed by atoms with Gasteiger partial charge in [-0.3, -0.25) is 5.41 Å². The summed E-state index contributed by atoms with van der Waals surface area (Å²) >= 11 is 0. The molecule has 0 aliphatic carbocycles. The highest BCUT2D eigenvalue weighted by atomic mass is 16.5. The first kappa shape index (κ1) is 9.97. The van der Waals surface area contributed by atoms with E-state index in [9.17, 15) is 0 Å². The highest BCUT2D eigenvalue weighted by Gasteiger charge is 2.43. The first-order valence-electron chi connectivity index (χ1n) is 5.61. The molecule has 0 aromatic heterocycles. The maximum atomic E-state index is 8.00. The Kier molecular flexibility index (Phi) is 2.52. The second kappa shape index (κ2) is 3.54. The second-order valence-corrected chi connectivity index (χ2v) is 4.68. The van der Waals surface area contributed by atoms with Crippen LogP contribution < -0.4 is 0 Å². The molecule has 2 heterocycles. The maximum absolute atomic E-state index is 8.00. The van der Waals surface area contributed by atoms with Gasteiger partial charge in [0.2, 0.25) is 0 Å². The molecule has 0 aromatic carbocycles. The van der Waals surface area contributed by atoms with Crippen molar-refractivity contribution in [1.29, 1.82) is 5.41 Å². The minimum atomic E-state index is 0.0809. The molecular formula is C11H20N2O. The van der Waals surface area contributed by atoms with Crippen molar-refractivity contribution in [2.45, 2.75) is 51.2 Å². The second-order valence-electron chi connectivity index (χ2n) is 4.68. The summed E-state index contributed by atoms with van der Waals surface area (Å²) in [6.45, 7) is 6.27. The van der Waals surface area contributed by atoms with Crippen molar-refractivity contribution in [3.8, 4) is 0 Å². The van der Waals surface area contributed by atoms with E-state index in [0.717, 1.165) is 31.8 Å². The van der Waals surface area contributed by atoms with Gasteiger partial charge in [-0.15, -0.1) is 0 Å². The average molecular weight is 196 g/mol. The molecule has 2 atom stereocenters. The van der Waals surface area contributed by atoms with Crippen LogP contribution in [0.5, 0.6) is 0 Å². The summed E-state index contributed by atoms with van der Waals surface area (Å²) in [4.78, 5) is 2.27. The van der Waals surface area contributed by atoms with Gasteiger partial charge in [-0.2, -0.15) is 0 Å². The lowest BCUT2D eigenvalue weighted by Crippen LogP contribution is -2.55. The molecule has 3 heteroatoms. The lowest BCUT2D eigenvalue weighted by Gasteiger charge is -2.44. The van der Waals surface area contributed by atoms with Gasteiger partial charge in [0.1, 0.15) is 0 Å². The van der Waals surface area contributed by atoms with E-state index in [4.69, 9.17) is 10.1 Å². The van der Waals surface area contributed by atoms with Gasteiger partial charge in [0.05, 0.1) is 17.5 Å². The van der Waals surface area contributed by atoms with Gasteiger partial charge < -0.3 is 9.64 Å². The molecule has 0 bridgehead atoms. The molecule has 2 fully saturated rings. The van der Waals surface area contributed by atoms with Gasteiger partial charge in [-0.05, 0) is 33.1 Å². The minimum absolute atomic E-state index is 0.0809. The molecule has 0 aromatic rings. The van der Waals surface area contributed by atoms with E-state index < -0.39 is 0 Å². The zero-order chi connectivity index (χ0) is 10.2. The number of nitrogens with zero attached hydrogens (tertiary/aromatic N) is 1. The SMILES string of the molecule is CC1OCCC1(C)N1CCCCC1=N. The molecule has 0 spiro atoms. The molecule has 3 nitrogen and oxygen atoms in total. The summed E-state index contributed by atoms with van der Waals surface area (Å²) in [5.41, 5.74) is 0.0809. The number of nitrogens with one attached hydrogen (secondary N) is 1. The highest BCUT2D eigenvalue weighted by Crippen LogP contribution is 2.34. The standard InChI is InChI=1S/C11H20N2O/c1-9-11(2,6-8-14-9)13-7-4-3-5-10(13)12/h9,12H,3-8H2,1-2H3. The Balaban J connectivity index is 2.15. The molecular weight excluding hydrogens is 176 g/mol. The van der Waals surface area contributed by atoms with E-state index in [0.29, 0.717) is 0 Å². The summed E-state index contributed by atoms with van der Waals surface area (Å²) < 4.78 is 5.63. The molecule has 2 saturated heterocycles. The molecule has 2 unspecified atom stereocenters. The van der Waals surface area contributed by atoms with Crippen molar-refractivity contribution < 1.29 is 4.74 Å². The van der Waals surface area contributed by atoms with Crippen LogP contribution in [-0.2, 0) is 4.74 Å². The van der Waals surface area contributed by atoms with E-state index in [-0.39, 0.29) is 11.6 Å². The zero-order valence-electron chi connectivity index (χ0n) is 9.18. The third kappa shape index (κ3) is 1.44. The Hall–Kier alpha value is -0.570. The Bertz CT molecular complexity index is 241. The predicted molar refractivity (Wildman–Crippen MR) is 56.7 cm³/mol. The molecule has 0 radical (unpaired) electrons. The summed E-state index contributed by atoms with van der Waals surface area (Å²) in [5, 5.41) is 8.00. The number of amidine groups is 1. The van der Waals surface area contributed by atoms with E-state index in [1.807, 2.05) is 0 Å². The van der Waals surface area contributed by atoms with Crippen LogP contribution in [-0.4, -0.2) is 35.5 Å². The van der Waals surface area contributed by atoms with Crippen molar-refractivity contribution in [1.82, 2.24) is 4.90 Å². The van der Waals surface area contributed by atoms with Crippen LogP contribution in [0.1, 0.15) is 39.5 Å². The Morgan fingerprint density at radius 3 is 2.86 bits per heavy atom. The molecule has 1 N–H and O–H groups in total. The number of likely N-dealkylation sites (tertiary alicyclic amines) is 1. The number of hydrogen-bond donors (Lipinski definition) is 1.